The van der Waals surface area contributed by atoms with Crippen molar-refractivity contribution in [2.24, 2.45) is 11.7 Å². The van der Waals surface area contributed by atoms with E-state index in [0.717, 1.165) is 5.56 Å². The highest BCUT2D eigenvalue weighted by Crippen LogP contribution is 2.18. The van der Waals surface area contributed by atoms with Gasteiger partial charge in [-0.25, -0.2) is 0 Å². The van der Waals surface area contributed by atoms with E-state index in [-0.39, 0.29) is 17.7 Å². The number of amides is 2. The van der Waals surface area contributed by atoms with Crippen molar-refractivity contribution >= 4 is 17.5 Å². The largest absolute Gasteiger partial charge is 0.399 e. The summed E-state index contributed by atoms with van der Waals surface area (Å²) in [6, 6.07) is 7.55. The standard InChI is InChI=1S/C14H19N3O2/c15-12-4-2-1-3-10(12)5-6-13(18)17-8-7-11(9-17)14(16)19/h1-4,11H,5-9,15H2,(H2,16,19). The third-order valence-corrected chi connectivity index (χ3v) is 3.61. The summed E-state index contributed by atoms with van der Waals surface area (Å²) in [5.41, 5.74) is 12.8. The van der Waals surface area contributed by atoms with Crippen molar-refractivity contribution in [2.45, 2.75) is 19.3 Å². The number of hydrogen-bond donors (Lipinski definition) is 2. The maximum Gasteiger partial charge on any atom is 0.222 e. The molecule has 1 atom stereocenters. The Balaban J connectivity index is 1.86. The minimum absolute atomic E-state index is 0.0620. The number of nitrogens with zero attached hydrogens (tertiary/aromatic N) is 1. The van der Waals surface area contributed by atoms with Crippen molar-refractivity contribution in [1.29, 1.82) is 0 Å². The number of primary amides is 1. The molecule has 1 unspecified atom stereocenters. The number of hydrogen-bond acceptors (Lipinski definition) is 3. The molecule has 1 aliphatic heterocycles. The van der Waals surface area contributed by atoms with Gasteiger partial charge in [-0.15, -0.1) is 0 Å². The van der Waals surface area contributed by atoms with Crippen molar-refractivity contribution in [2.75, 3.05) is 18.8 Å². The zero-order chi connectivity index (χ0) is 13.8. The molecule has 5 heteroatoms. The number of nitrogen functional groups attached to an aromatic ring is 1. The molecular formula is C14H19N3O2. The first kappa shape index (κ1) is 13.4. The Labute approximate surface area is 112 Å². The van der Waals surface area contributed by atoms with Crippen LogP contribution < -0.4 is 11.5 Å². The van der Waals surface area contributed by atoms with E-state index in [1.807, 2.05) is 24.3 Å². The quantitative estimate of drug-likeness (QED) is 0.775. The molecule has 1 saturated heterocycles. The van der Waals surface area contributed by atoms with E-state index >= 15 is 0 Å². The molecule has 1 aliphatic rings. The van der Waals surface area contributed by atoms with Crippen LogP contribution in [0.15, 0.2) is 24.3 Å². The number of aryl methyl sites for hydroxylation is 1. The number of carbonyl (C=O) groups is 2. The summed E-state index contributed by atoms with van der Waals surface area (Å²) in [5.74, 6) is -0.444. The van der Waals surface area contributed by atoms with Crippen LogP contribution in [0.5, 0.6) is 0 Å². The number of anilines is 1. The van der Waals surface area contributed by atoms with Gasteiger partial charge in [-0.1, -0.05) is 18.2 Å². The lowest BCUT2D eigenvalue weighted by Crippen LogP contribution is -2.31. The molecule has 1 heterocycles. The maximum atomic E-state index is 12.0. The van der Waals surface area contributed by atoms with Crippen LogP contribution in [0.25, 0.3) is 0 Å². The third kappa shape index (κ3) is 3.24. The van der Waals surface area contributed by atoms with E-state index in [4.69, 9.17) is 11.5 Å². The number of nitrogens with two attached hydrogens (primary N) is 2. The van der Waals surface area contributed by atoms with Crippen LogP contribution in [0.1, 0.15) is 18.4 Å². The Bertz CT molecular complexity index is 487. The highest BCUT2D eigenvalue weighted by molar-refractivity contribution is 5.81. The summed E-state index contributed by atoms with van der Waals surface area (Å²) in [6.45, 7) is 1.08. The molecule has 0 saturated carbocycles. The molecule has 5 nitrogen and oxygen atoms in total. The van der Waals surface area contributed by atoms with Gasteiger partial charge in [0.05, 0.1) is 5.92 Å². The molecule has 1 aromatic carbocycles. The number of carbonyl (C=O) groups excluding carboxylic acids is 2. The number of benzene rings is 1. The van der Waals surface area contributed by atoms with Gasteiger partial charge < -0.3 is 16.4 Å². The minimum atomic E-state index is -0.317. The summed E-state index contributed by atoms with van der Waals surface area (Å²) < 4.78 is 0. The van der Waals surface area contributed by atoms with Crippen molar-refractivity contribution in [3.63, 3.8) is 0 Å². The molecular weight excluding hydrogens is 242 g/mol. The fraction of sp³-hybridized carbons (Fsp3) is 0.429. The van der Waals surface area contributed by atoms with Crippen LogP contribution in [0, 0.1) is 5.92 Å². The lowest BCUT2D eigenvalue weighted by molar-refractivity contribution is -0.130. The summed E-state index contributed by atoms with van der Waals surface area (Å²) in [4.78, 5) is 24.8. The van der Waals surface area contributed by atoms with Crippen LogP contribution in [0.3, 0.4) is 0 Å². The van der Waals surface area contributed by atoms with Crippen molar-refractivity contribution in [1.82, 2.24) is 4.90 Å². The molecule has 0 aliphatic carbocycles. The highest BCUT2D eigenvalue weighted by atomic mass is 16.2. The average Bonchev–Trinajstić information content (AvgIpc) is 2.87. The van der Waals surface area contributed by atoms with E-state index in [2.05, 4.69) is 0 Å². The van der Waals surface area contributed by atoms with Gasteiger partial charge in [0, 0.05) is 25.2 Å². The molecule has 0 radical (unpaired) electrons. The normalized spacial score (nSPS) is 18.5. The number of para-hydroxylation sites is 1. The number of likely N-dealkylation sites (tertiary alicyclic amines) is 1. The lowest BCUT2D eigenvalue weighted by Gasteiger charge is -2.16. The van der Waals surface area contributed by atoms with Crippen LogP contribution in [0.4, 0.5) is 5.69 Å². The first-order valence-electron chi connectivity index (χ1n) is 6.48. The first-order chi connectivity index (χ1) is 9.08. The van der Waals surface area contributed by atoms with Gasteiger partial charge in [-0.2, -0.15) is 0 Å². The Morgan fingerprint density at radius 3 is 2.68 bits per heavy atom. The van der Waals surface area contributed by atoms with E-state index in [1.165, 1.54) is 0 Å². The predicted octanol–water partition coefficient (Wildman–Crippen LogP) is 0.535. The zero-order valence-electron chi connectivity index (χ0n) is 10.8. The molecule has 4 N–H and O–H groups in total. The molecule has 0 aromatic heterocycles. The van der Waals surface area contributed by atoms with Gasteiger partial charge >= 0.3 is 0 Å². The van der Waals surface area contributed by atoms with E-state index in [9.17, 15) is 9.59 Å². The fourth-order valence-corrected chi connectivity index (χ4v) is 2.38. The Morgan fingerprint density at radius 2 is 2.05 bits per heavy atom. The second-order valence-electron chi connectivity index (χ2n) is 4.93. The molecule has 102 valence electrons. The van der Waals surface area contributed by atoms with Crippen LogP contribution >= 0.6 is 0 Å². The Morgan fingerprint density at radius 1 is 1.32 bits per heavy atom. The molecule has 2 rings (SSSR count). The highest BCUT2D eigenvalue weighted by Gasteiger charge is 2.29. The van der Waals surface area contributed by atoms with Gasteiger partial charge in [0.15, 0.2) is 0 Å². The van der Waals surface area contributed by atoms with Crippen molar-refractivity contribution in [3.8, 4) is 0 Å². The maximum absolute atomic E-state index is 12.0. The van der Waals surface area contributed by atoms with Crippen LogP contribution in [0.2, 0.25) is 0 Å². The van der Waals surface area contributed by atoms with Gasteiger partial charge in [0.2, 0.25) is 11.8 Å². The second-order valence-corrected chi connectivity index (χ2v) is 4.93. The Hall–Kier alpha value is -2.04. The van der Waals surface area contributed by atoms with Crippen molar-refractivity contribution < 1.29 is 9.59 Å². The van der Waals surface area contributed by atoms with E-state index in [0.29, 0.717) is 38.0 Å². The predicted molar refractivity (Wildman–Crippen MR) is 73.1 cm³/mol. The molecule has 0 spiro atoms. The summed E-state index contributed by atoms with van der Waals surface area (Å²) >= 11 is 0. The Kier molecular flexibility index (Phi) is 4.04. The average molecular weight is 261 g/mol. The number of rotatable bonds is 4. The summed E-state index contributed by atoms with van der Waals surface area (Å²) in [5, 5.41) is 0. The lowest BCUT2D eigenvalue weighted by atomic mass is 10.1. The van der Waals surface area contributed by atoms with E-state index in [1.54, 1.807) is 4.90 Å². The van der Waals surface area contributed by atoms with Gasteiger partial charge in [-0.3, -0.25) is 9.59 Å². The molecule has 19 heavy (non-hydrogen) atoms. The first-order valence-corrected chi connectivity index (χ1v) is 6.48. The SMILES string of the molecule is NC(=O)C1CCN(C(=O)CCc2ccccc2N)C1. The van der Waals surface area contributed by atoms with Crippen molar-refractivity contribution in [3.05, 3.63) is 29.8 Å². The zero-order valence-corrected chi connectivity index (χ0v) is 10.8. The summed E-state index contributed by atoms with van der Waals surface area (Å²) in [6.07, 6.45) is 1.72. The molecule has 1 aromatic rings. The second kappa shape index (κ2) is 5.73. The third-order valence-electron chi connectivity index (χ3n) is 3.61. The molecule has 2 amide bonds. The minimum Gasteiger partial charge on any atom is -0.399 e. The smallest absolute Gasteiger partial charge is 0.222 e. The van der Waals surface area contributed by atoms with Gasteiger partial charge in [0.1, 0.15) is 0 Å². The topological polar surface area (TPSA) is 89.4 Å². The fourth-order valence-electron chi connectivity index (χ4n) is 2.38. The molecule has 0 bridgehead atoms. The van der Waals surface area contributed by atoms with Gasteiger partial charge in [0.25, 0.3) is 0 Å². The monoisotopic (exact) mass is 261 g/mol. The molecule has 1 fully saturated rings. The summed E-state index contributed by atoms with van der Waals surface area (Å²) in [7, 11) is 0. The van der Waals surface area contributed by atoms with Crippen LogP contribution in [-0.2, 0) is 16.0 Å². The van der Waals surface area contributed by atoms with Crippen LogP contribution in [-0.4, -0.2) is 29.8 Å². The van der Waals surface area contributed by atoms with Gasteiger partial charge in [-0.05, 0) is 24.5 Å². The van der Waals surface area contributed by atoms with E-state index < -0.39 is 0 Å².